The minimum Gasteiger partial charge on any atom is -0.384 e. The van der Waals surface area contributed by atoms with Crippen LogP contribution in [0.3, 0.4) is 0 Å². The van der Waals surface area contributed by atoms with Crippen LogP contribution in [0.15, 0.2) is 58.4 Å². The Bertz CT molecular complexity index is 1390. The van der Waals surface area contributed by atoms with Crippen molar-refractivity contribution in [2.45, 2.75) is 13.3 Å². The lowest BCUT2D eigenvalue weighted by molar-refractivity contribution is 0.291. The summed E-state index contributed by atoms with van der Waals surface area (Å²) in [5, 5.41) is 10.8. The molecule has 170 valence electrons. The quantitative estimate of drug-likeness (QED) is 0.190. The summed E-state index contributed by atoms with van der Waals surface area (Å²) in [5.41, 5.74) is 10.8. The highest BCUT2D eigenvalue weighted by Gasteiger charge is 2.19. The van der Waals surface area contributed by atoms with Gasteiger partial charge in [-0.3, -0.25) is 9.79 Å². The fourth-order valence-electron chi connectivity index (χ4n) is 3.87. The van der Waals surface area contributed by atoms with Crippen LogP contribution in [-0.4, -0.2) is 46.2 Å². The first-order valence-corrected chi connectivity index (χ1v) is 10.8. The van der Waals surface area contributed by atoms with Gasteiger partial charge in [0.05, 0.1) is 16.7 Å². The summed E-state index contributed by atoms with van der Waals surface area (Å²) in [6, 6.07) is 13.1. The summed E-state index contributed by atoms with van der Waals surface area (Å²) < 4.78 is 0. The first-order valence-electron chi connectivity index (χ1n) is 10.5. The number of aromatic nitrogens is 3. The number of aromatic amines is 2. The topological polar surface area (TPSA) is 123 Å². The maximum atomic E-state index is 12.9. The van der Waals surface area contributed by atoms with Crippen molar-refractivity contribution in [1.29, 1.82) is 0 Å². The van der Waals surface area contributed by atoms with Crippen LogP contribution in [0.5, 0.6) is 0 Å². The van der Waals surface area contributed by atoms with Crippen molar-refractivity contribution in [3.05, 3.63) is 80.7 Å². The van der Waals surface area contributed by atoms with Crippen molar-refractivity contribution in [2.75, 3.05) is 25.2 Å². The fourth-order valence-corrected chi connectivity index (χ4v) is 4.08. The van der Waals surface area contributed by atoms with Crippen LogP contribution in [-0.2, 0) is 6.42 Å². The molecule has 8 nitrogen and oxygen atoms in total. The van der Waals surface area contributed by atoms with E-state index in [2.05, 4.69) is 15.0 Å². The van der Waals surface area contributed by atoms with E-state index in [4.69, 9.17) is 22.3 Å². The van der Waals surface area contributed by atoms with E-state index in [-0.39, 0.29) is 12.3 Å². The molecule has 0 unspecified atom stereocenters. The van der Waals surface area contributed by atoms with Gasteiger partial charge in [-0.15, -0.1) is 0 Å². The molecular weight excluding hydrogens is 440 g/mol. The van der Waals surface area contributed by atoms with Crippen molar-refractivity contribution in [2.24, 2.45) is 10.7 Å². The molecule has 5 N–H and O–H groups in total. The van der Waals surface area contributed by atoms with Gasteiger partial charge in [-0.25, -0.2) is 4.98 Å². The molecule has 0 aliphatic carbocycles. The molecule has 2 aromatic carbocycles. The van der Waals surface area contributed by atoms with E-state index in [0.29, 0.717) is 40.9 Å². The van der Waals surface area contributed by atoms with Gasteiger partial charge in [-0.05, 0) is 54.8 Å². The van der Waals surface area contributed by atoms with Gasteiger partial charge < -0.3 is 25.7 Å². The van der Waals surface area contributed by atoms with Gasteiger partial charge in [-0.2, -0.15) is 0 Å². The Morgan fingerprint density at radius 1 is 1.27 bits per heavy atom. The van der Waals surface area contributed by atoms with Crippen molar-refractivity contribution in [1.82, 2.24) is 15.0 Å². The van der Waals surface area contributed by atoms with E-state index in [1.54, 1.807) is 24.2 Å². The Morgan fingerprint density at radius 3 is 2.82 bits per heavy atom. The Morgan fingerprint density at radius 2 is 2.09 bits per heavy atom. The molecule has 0 bridgehead atoms. The number of rotatable bonds is 7. The molecule has 33 heavy (non-hydrogen) atoms. The molecule has 0 saturated heterocycles. The predicted molar refractivity (Wildman–Crippen MR) is 133 cm³/mol. The van der Waals surface area contributed by atoms with Crippen LogP contribution in [0.2, 0.25) is 5.02 Å². The molecule has 0 fully saturated rings. The van der Waals surface area contributed by atoms with E-state index in [0.717, 1.165) is 27.7 Å². The molecule has 2 aromatic heterocycles. The standard InChI is InChI=1S/C24H25ClN6O2/c1-14-10-16(22(26)27-2)12-18-21(14)30-23(29-18)20-19(6-8-28-24(20)33)31(13-32)9-7-15-4-3-5-17(25)11-15/h3-6,8,10-12,32H,7,9,13H2,1-2H3,(H2,26,27)(H,28,33)(H,29,30). The number of nitrogens with one attached hydrogen (secondary N) is 2. The van der Waals surface area contributed by atoms with E-state index in [9.17, 15) is 9.90 Å². The number of halogens is 1. The highest BCUT2D eigenvalue weighted by atomic mass is 35.5. The van der Waals surface area contributed by atoms with E-state index < -0.39 is 0 Å². The molecule has 2 heterocycles. The zero-order valence-electron chi connectivity index (χ0n) is 18.4. The number of H-pyrrole nitrogens is 2. The van der Waals surface area contributed by atoms with Crippen molar-refractivity contribution in [3.8, 4) is 11.4 Å². The van der Waals surface area contributed by atoms with Crippen LogP contribution in [0, 0.1) is 6.92 Å². The van der Waals surface area contributed by atoms with Gasteiger partial charge in [0.1, 0.15) is 24.0 Å². The lowest BCUT2D eigenvalue weighted by Gasteiger charge is -2.24. The summed E-state index contributed by atoms with van der Waals surface area (Å²) in [6.07, 6.45) is 2.21. The van der Waals surface area contributed by atoms with Crippen LogP contribution < -0.4 is 16.2 Å². The molecule has 0 spiro atoms. The summed E-state index contributed by atoms with van der Waals surface area (Å²) in [5.74, 6) is 0.831. The number of amidine groups is 1. The van der Waals surface area contributed by atoms with Gasteiger partial charge in [-0.1, -0.05) is 23.7 Å². The summed E-state index contributed by atoms with van der Waals surface area (Å²) in [4.78, 5) is 29.3. The normalized spacial score (nSPS) is 11.8. The molecule has 4 rings (SSSR count). The second-order valence-electron chi connectivity index (χ2n) is 7.74. The number of imidazole rings is 1. The highest BCUT2D eigenvalue weighted by Crippen LogP contribution is 2.29. The average molecular weight is 465 g/mol. The Kier molecular flexibility index (Phi) is 6.48. The molecular formula is C24H25ClN6O2. The summed E-state index contributed by atoms with van der Waals surface area (Å²) >= 11 is 6.09. The summed E-state index contributed by atoms with van der Waals surface area (Å²) in [7, 11) is 1.63. The number of pyridine rings is 1. The number of anilines is 1. The molecule has 4 aromatic rings. The number of nitrogens with two attached hydrogens (primary N) is 1. The van der Waals surface area contributed by atoms with Crippen LogP contribution >= 0.6 is 11.6 Å². The maximum absolute atomic E-state index is 12.9. The number of aliphatic hydroxyl groups is 1. The number of hydrogen-bond acceptors (Lipinski definition) is 5. The van der Waals surface area contributed by atoms with E-state index in [1.165, 1.54) is 0 Å². The number of nitrogens with zero attached hydrogens (tertiary/aromatic N) is 3. The predicted octanol–water partition coefficient (Wildman–Crippen LogP) is 3.21. The lowest BCUT2D eigenvalue weighted by Crippen LogP contribution is -2.29. The largest absolute Gasteiger partial charge is 0.384 e. The Balaban J connectivity index is 1.75. The smallest absolute Gasteiger partial charge is 0.261 e. The zero-order chi connectivity index (χ0) is 23.5. The fraction of sp³-hybridized carbons (Fsp3) is 0.208. The second-order valence-corrected chi connectivity index (χ2v) is 8.17. The first-order chi connectivity index (χ1) is 15.9. The number of aliphatic imine (C=N–C) groups is 1. The Labute approximate surface area is 195 Å². The second kappa shape index (κ2) is 9.48. The number of hydrogen-bond donors (Lipinski definition) is 4. The number of benzene rings is 2. The number of fused-ring (bicyclic) bond motifs is 1. The Hall–Kier alpha value is -3.62. The molecule has 9 heteroatoms. The first kappa shape index (κ1) is 22.6. The van der Waals surface area contributed by atoms with Gasteiger partial charge in [0.15, 0.2) is 0 Å². The molecule has 0 aliphatic rings. The van der Waals surface area contributed by atoms with Gasteiger partial charge in [0, 0.05) is 30.4 Å². The SMILES string of the molecule is CN=C(N)c1cc(C)c2nc(-c3c(N(CO)CCc4cccc(Cl)c4)cc[nH]c3=O)[nH]c2c1. The maximum Gasteiger partial charge on any atom is 0.261 e. The van der Waals surface area contributed by atoms with E-state index in [1.807, 2.05) is 43.3 Å². The third-order valence-electron chi connectivity index (χ3n) is 5.56. The van der Waals surface area contributed by atoms with Crippen molar-refractivity contribution >= 4 is 34.2 Å². The molecule has 0 atom stereocenters. The minimum atomic E-state index is -0.305. The van der Waals surface area contributed by atoms with Gasteiger partial charge >= 0.3 is 0 Å². The third-order valence-corrected chi connectivity index (χ3v) is 5.80. The minimum absolute atomic E-state index is 0.260. The van der Waals surface area contributed by atoms with E-state index >= 15 is 0 Å². The monoisotopic (exact) mass is 464 g/mol. The molecule has 0 radical (unpaired) electrons. The molecule has 0 saturated carbocycles. The van der Waals surface area contributed by atoms with Crippen LogP contribution in [0.4, 0.5) is 5.69 Å². The van der Waals surface area contributed by atoms with Crippen LogP contribution in [0.1, 0.15) is 16.7 Å². The van der Waals surface area contributed by atoms with Crippen molar-refractivity contribution in [3.63, 3.8) is 0 Å². The molecule has 0 aliphatic heterocycles. The van der Waals surface area contributed by atoms with Gasteiger partial charge in [0.25, 0.3) is 5.56 Å². The third kappa shape index (κ3) is 4.62. The highest BCUT2D eigenvalue weighted by molar-refractivity contribution is 6.30. The zero-order valence-corrected chi connectivity index (χ0v) is 19.1. The molecule has 0 amide bonds. The lowest BCUT2D eigenvalue weighted by atomic mass is 10.1. The van der Waals surface area contributed by atoms with Crippen molar-refractivity contribution < 1.29 is 5.11 Å². The average Bonchev–Trinajstić information content (AvgIpc) is 3.23. The summed E-state index contributed by atoms with van der Waals surface area (Å²) in [6.45, 7) is 2.16. The van der Waals surface area contributed by atoms with Crippen LogP contribution in [0.25, 0.3) is 22.4 Å². The number of aliphatic hydroxyl groups excluding tert-OH is 1. The number of aryl methyl sites for hydroxylation is 1. The van der Waals surface area contributed by atoms with Gasteiger partial charge in [0.2, 0.25) is 0 Å².